The van der Waals surface area contributed by atoms with Gasteiger partial charge >= 0.3 is 0 Å². The molecule has 1 N–H and O–H groups in total. The lowest BCUT2D eigenvalue weighted by Gasteiger charge is -2.05. The Morgan fingerprint density at radius 3 is 2.77 bits per heavy atom. The summed E-state index contributed by atoms with van der Waals surface area (Å²) in [5.41, 5.74) is 0.646. The quantitative estimate of drug-likeness (QED) is 0.842. The fourth-order valence-corrected chi connectivity index (χ4v) is 2.19. The molecule has 0 aliphatic carbocycles. The molecule has 1 atom stereocenters. The van der Waals surface area contributed by atoms with Crippen molar-refractivity contribution in [3.05, 3.63) is 28.8 Å². The Labute approximate surface area is 85.0 Å². The van der Waals surface area contributed by atoms with Crippen molar-refractivity contribution in [1.29, 1.82) is 0 Å². The molecule has 0 saturated heterocycles. The van der Waals surface area contributed by atoms with Gasteiger partial charge in [-0.25, -0.2) is 0 Å². The molecule has 72 valence electrons. The van der Waals surface area contributed by atoms with Crippen LogP contribution >= 0.6 is 11.6 Å². The lowest BCUT2D eigenvalue weighted by molar-refractivity contribution is 0.279. The summed E-state index contributed by atoms with van der Waals surface area (Å²) in [5.74, 6) is 0.550. The van der Waals surface area contributed by atoms with E-state index in [9.17, 15) is 4.21 Å². The third kappa shape index (κ3) is 2.53. The smallest absolute Gasteiger partial charge is 0.0694 e. The van der Waals surface area contributed by atoms with E-state index in [-0.39, 0.29) is 6.61 Å². The standard InChI is InChI=1S/C9H11ClO2S/c1-2-13(12)9-4-3-8(10)5-7(9)6-11/h3-5,11H,2,6H2,1H3. The molecule has 0 amide bonds. The fraction of sp³-hybridized carbons (Fsp3) is 0.333. The lowest BCUT2D eigenvalue weighted by atomic mass is 10.2. The molecule has 0 aliphatic rings. The molecule has 0 saturated carbocycles. The van der Waals surface area contributed by atoms with Crippen molar-refractivity contribution in [1.82, 2.24) is 0 Å². The minimum atomic E-state index is -1.03. The zero-order valence-electron chi connectivity index (χ0n) is 7.29. The maximum Gasteiger partial charge on any atom is 0.0694 e. The summed E-state index contributed by atoms with van der Waals surface area (Å²) in [4.78, 5) is 0.675. The number of hydrogen-bond acceptors (Lipinski definition) is 2. The van der Waals surface area contributed by atoms with E-state index in [1.165, 1.54) is 0 Å². The van der Waals surface area contributed by atoms with Gasteiger partial charge in [0, 0.05) is 15.7 Å². The largest absolute Gasteiger partial charge is 0.392 e. The van der Waals surface area contributed by atoms with Gasteiger partial charge in [-0.2, -0.15) is 0 Å². The van der Waals surface area contributed by atoms with E-state index in [0.29, 0.717) is 21.2 Å². The van der Waals surface area contributed by atoms with Crippen molar-refractivity contribution in [3.8, 4) is 0 Å². The van der Waals surface area contributed by atoms with Gasteiger partial charge in [0.15, 0.2) is 0 Å². The molecule has 13 heavy (non-hydrogen) atoms. The molecule has 1 unspecified atom stereocenters. The van der Waals surface area contributed by atoms with Crippen LogP contribution in [0.1, 0.15) is 12.5 Å². The number of aliphatic hydroxyl groups is 1. The molecular weight excluding hydrogens is 208 g/mol. The van der Waals surface area contributed by atoms with Gasteiger partial charge in [-0.15, -0.1) is 0 Å². The van der Waals surface area contributed by atoms with Crippen LogP contribution in [-0.2, 0) is 17.4 Å². The van der Waals surface area contributed by atoms with Crippen LogP contribution in [0, 0.1) is 0 Å². The normalized spacial score (nSPS) is 12.8. The third-order valence-corrected chi connectivity index (χ3v) is 3.35. The highest BCUT2D eigenvalue weighted by Gasteiger charge is 2.07. The van der Waals surface area contributed by atoms with Gasteiger partial charge < -0.3 is 5.11 Å². The van der Waals surface area contributed by atoms with Gasteiger partial charge in [0.05, 0.1) is 17.4 Å². The first-order valence-corrected chi connectivity index (χ1v) is 5.66. The first-order chi connectivity index (χ1) is 6.19. The Balaban J connectivity index is 3.13. The van der Waals surface area contributed by atoms with E-state index in [4.69, 9.17) is 16.7 Å². The van der Waals surface area contributed by atoms with Crippen molar-refractivity contribution in [2.24, 2.45) is 0 Å². The summed E-state index contributed by atoms with van der Waals surface area (Å²) in [5, 5.41) is 9.55. The fourth-order valence-electron chi connectivity index (χ4n) is 1.05. The first-order valence-electron chi connectivity index (χ1n) is 3.96. The average Bonchev–Trinajstić information content (AvgIpc) is 2.16. The third-order valence-electron chi connectivity index (χ3n) is 1.70. The van der Waals surface area contributed by atoms with E-state index in [0.717, 1.165) is 0 Å². The van der Waals surface area contributed by atoms with Crippen LogP contribution < -0.4 is 0 Å². The monoisotopic (exact) mass is 218 g/mol. The number of aliphatic hydroxyl groups excluding tert-OH is 1. The molecular formula is C9H11ClO2S. The van der Waals surface area contributed by atoms with Gasteiger partial charge in [-0.05, 0) is 23.8 Å². The Hall–Kier alpha value is -0.380. The Kier molecular flexibility index (Phi) is 3.90. The van der Waals surface area contributed by atoms with Crippen molar-refractivity contribution < 1.29 is 9.32 Å². The van der Waals surface area contributed by atoms with Crippen LogP contribution in [0.5, 0.6) is 0 Å². The minimum absolute atomic E-state index is 0.123. The molecule has 2 nitrogen and oxygen atoms in total. The van der Waals surface area contributed by atoms with Crippen LogP contribution in [0.4, 0.5) is 0 Å². The highest BCUT2D eigenvalue weighted by atomic mass is 35.5. The molecule has 0 fully saturated rings. The molecule has 4 heteroatoms. The number of rotatable bonds is 3. The molecule has 0 heterocycles. The minimum Gasteiger partial charge on any atom is -0.392 e. The Bertz CT molecular complexity index is 325. The van der Waals surface area contributed by atoms with E-state index >= 15 is 0 Å². The summed E-state index contributed by atoms with van der Waals surface area (Å²) in [6, 6.07) is 5.03. The van der Waals surface area contributed by atoms with Crippen molar-refractivity contribution in [2.75, 3.05) is 5.75 Å². The zero-order chi connectivity index (χ0) is 9.84. The highest BCUT2D eigenvalue weighted by Crippen LogP contribution is 2.19. The summed E-state index contributed by atoms with van der Waals surface area (Å²) >= 11 is 5.73. The van der Waals surface area contributed by atoms with Crippen LogP contribution in [0.2, 0.25) is 5.02 Å². The molecule has 0 spiro atoms. The molecule has 1 rings (SSSR count). The van der Waals surface area contributed by atoms with E-state index < -0.39 is 10.8 Å². The number of hydrogen-bond donors (Lipinski definition) is 1. The second-order valence-electron chi connectivity index (χ2n) is 2.54. The van der Waals surface area contributed by atoms with Crippen molar-refractivity contribution >= 4 is 22.4 Å². The number of halogens is 1. The lowest BCUT2D eigenvalue weighted by Crippen LogP contribution is -1.99. The Morgan fingerprint density at radius 1 is 1.54 bits per heavy atom. The maximum absolute atomic E-state index is 11.5. The van der Waals surface area contributed by atoms with Crippen molar-refractivity contribution in [2.45, 2.75) is 18.4 Å². The van der Waals surface area contributed by atoms with Gasteiger partial charge in [-0.1, -0.05) is 18.5 Å². The molecule has 0 aromatic heterocycles. The van der Waals surface area contributed by atoms with Crippen LogP contribution in [0.3, 0.4) is 0 Å². The van der Waals surface area contributed by atoms with Crippen LogP contribution in [-0.4, -0.2) is 15.1 Å². The van der Waals surface area contributed by atoms with Gasteiger partial charge in [0.2, 0.25) is 0 Å². The van der Waals surface area contributed by atoms with Gasteiger partial charge in [0.25, 0.3) is 0 Å². The predicted octanol–water partition coefficient (Wildman–Crippen LogP) is 1.96. The first kappa shape index (κ1) is 10.7. The summed E-state index contributed by atoms with van der Waals surface area (Å²) < 4.78 is 11.5. The van der Waals surface area contributed by atoms with Gasteiger partial charge in [-0.3, -0.25) is 4.21 Å². The topological polar surface area (TPSA) is 37.3 Å². The SMILES string of the molecule is CCS(=O)c1ccc(Cl)cc1CO. The van der Waals surface area contributed by atoms with Crippen LogP contribution in [0.25, 0.3) is 0 Å². The summed E-state index contributed by atoms with van der Waals surface area (Å²) in [6.45, 7) is 1.72. The molecule has 0 aliphatic heterocycles. The van der Waals surface area contributed by atoms with Crippen molar-refractivity contribution in [3.63, 3.8) is 0 Å². The second-order valence-corrected chi connectivity index (χ2v) is 4.69. The highest BCUT2D eigenvalue weighted by molar-refractivity contribution is 7.85. The second kappa shape index (κ2) is 4.74. The van der Waals surface area contributed by atoms with E-state index in [1.54, 1.807) is 18.2 Å². The van der Waals surface area contributed by atoms with Crippen LogP contribution in [0.15, 0.2) is 23.1 Å². The van der Waals surface area contributed by atoms with Gasteiger partial charge in [0.1, 0.15) is 0 Å². The molecule has 0 bridgehead atoms. The summed E-state index contributed by atoms with van der Waals surface area (Å²) in [6.07, 6.45) is 0. The average molecular weight is 219 g/mol. The molecule has 1 aromatic rings. The van der Waals surface area contributed by atoms with E-state index in [2.05, 4.69) is 0 Å². The number of benzene rings is 1. The zero-order valence-corrected chi connectivity index (χ0v) is 8.86. The van der Waals surface area contributed by atoms with E-state index in [1.807, 2.05) is 6.92 Å². The predicted molar refractivity (Wildman–Crippen MR) is 54.3 cm³/mol. The maximum atomic E-state index is 11.5. The molecule has 1 aromatic carbocycles. The Morgan fingerprint density at radius 2 is 2.23 bits per heavy atom. The summed E-state index contributed by atoms with van der Waals surface area (Å²) in [7, 11) is -1.03. The molecule has 0 radical (unpaired) electrons.